The van der Waals surface area contributed by atoms with Crippen molar-refractivity contribution in [2.45, 2.75) is 19.8 Å². The van der Waals surface area contributed by atoms with Crippen LogP contribution in [0.25, 0.3) is 0 Å². The van der Waals surface area contributed by atoms with Crippen LogP contribution in [-0.2, 0) is 0 Å². The predicted octanol–water partition coefficient (Wildman–Crippen LogP) is 6.08. The number of carbonyl (C=O) groups excluding carboxylic acids is 1. The first kappa shape index (κ1) is 20.8. The summed E-state index contributed by atoms with van der Waals surface area (Å²) in [6.07, 6.45) is 4.27. The fourth-order valence-corrected chi connectivity index (χ4v) is 4.71. The first-order chi connectivity index (χ1) is 14.6. The molecule has 0 saturated heterocycles. The van der Waals surface area contributed by atoms with Crippen molar-refractivity contribution in [2.24, 2.45) is 0 Å². The number of amides is 1. The average Bonchev–Trinajstić information content (AvgIpc) is 3.16. The van der Waals surface area contributed by atoms with Crippen molar-refractivity contribution in [3.63, 3.8) is 0 Å². The van der Waals surface area contributed by atoms with Gasteiger partial charge in [0.05, 0.1) is 0 Å². The van der Waals surface area contributed by atoms with Crippen molar-refractivity contribution >= 4 is 57.5 Å². The number of aromatic nitrogens is 3. The fraction of sp³-hybridized carbons (Fsp3) is 0. The standard InChI is InChI=1S/C20H11ClFN4OS3/c21-15-11-24-20(29-15)26-19(27)18-14(28-13-6-4-12(22)5-7-13)8-9-17(25-18)30-16-3-1-2-10-23-16/h1-10H,(H,24,26,27). The lowest BCUT2D eigenvalue weighted by molar-refractivity contribution is 0.101. The van der Waals surface area contributed by atoms with Crippen molar-refractivity contribution in [3.05, 3.63) is 82.8 Å². The Morgan fingerprint density at radius 2 is 1.90 bits per heavy atom. The molecule has 0 aliphatic carbocycles. The highest BCUT2D eigenvalue weighted by Crippen LogP contribution is 2.33. The molecule has 0 saturated carbocycles. The molecule has 4 aromatic rings. The van der Waals surface area contributed by atoms with Crippen LogP contribution in [0, 0.1) is 12.0 Å². The second-order valence-electron chi connectivity index (χ2n) is 5.68. The lowest BCUT2D eigenvalue weighted by Crippen LogP contribution is -2.15. The van der Waals surface area contributed by atoms with E-state index < -0.39 is 5.91 Å². The van der Waals surface area contributed by atoms with Gasteiger partial charge in [-0.2, -0.15) is 0 Å². The Hall–Kier alpha value is -2.46. The number of hydrogen-bond donors (Lipinski definition) is 1. The summed E-state index contributed by atoms with van der Waals surface area (Å²) >= 11 is 9.61. The molecule has 4 rings (SSSR count). The van der Waals surface area contributed by atoms with Crippen LogP contribution < -0.4 is 5.32 Å². The number of halogens is 2. The molecule has 1 aromatic carbocycles. The van der Waals surface area contributed by atoms with E-state index in [-0.39, 0.29) is 11.5 Å². The minimum atomic E-state index is -0.428. The van der Waals surface area contributed by atoms with E-state index in [0.717, 1.165) is 21.3 Å². The monoisotopic (exact) mass is 473 g/mol. The van der Waals surface area contributed by atoms with Crippen LogP contribution in [0.2, 0.25) is 4.34 Å². The highest BCUT2D eigenvalue weighted by Gasteiger charge is 2.18. The summed E-state index contributed by atoms with van der Waals surface area (Å²) in [6, 6.07) is 15.2. The van der Waals surface area contributed by atoms with Gasteiger partial charge < -0.3 is 0 Å². The van der Waals surface area contributed by atoms with Crippen LogP contribution in [0.3, 0.4) is 0 Å². The van der Waals surface area contributed by atoms with Gasteiger partial charge in [-0.25, -0.2) is 19.3 Å². The Bertz CT molecular complexity index is 1170. The summed E-state index contributed by atoms with van der Waals surface area (Å²) < 4.78 is 13.6. The summed E-state index contributed by atoms with van der Waals surface area (Å²) in [7, 11) is 0. The molecule has 149 valence electrons. The molecule has 1 amide bonds. The number of benzene rings is 1. The van der Waals surface area contributed by atoms with Crippen LogP contribution in [0.4, 0.5) is 9.52 Å². The maximum absolute atomic E-state index is 13.2. The molecule has 0 fully saturated rings. The Balaban J connectivity index is 1.65. The summed E-state index contributed by atoms with van der Waals surface area (Å²) in [5.41, 5.74) is 0.219. The second kappa shape index (κ2) is 9.57. The van der Waals surface area contributed by atoms with Crippen LogP contribution in [0.1, 0.15) is 10.5 Å². The molecular formula is C20H11ClFN4OS3. The molecule has 0 bridgehead atoms. The minimum absolute atomic E-state index is 0.219. The van der Waals surface area contributed by atoms with E-state index in [2.05, 4.69) is 26.5 Å². The third-order valence-corrected chi connectivity index (χ3v) is 6.51. The molecule has 0 unspecified atom stereocenters. The SMILES string of the molecule is O=C(Nc1n[c]c(Cl)s1)c1nc(Sc2ccccn2)ccc1Sc1ccc(F)cc1. The van der Waals surface area contributed by atoms with E-state index in [1.807, 2.05) is 30.3 Å². The van der Waals surface area contributed by atoms with Gasteiger partial charge in [0.25, 0.3) is 5.91 Å². The number of pyridine rings is 2. The zero-order chi connectivity index (χ0) is 20.9. The Morgan fingerprint density at radius 3 is 2.60 bits per heavy atom. The fourth-order valence-electron chi connectivity index (χ4n) is 2.31. The number of anilines is 1. The van der Waals surface area contributed by atoms with Crippen molar-refractivity contribution in [1.82, 2.24) is 15.0 Å². The molecule has 1 radical (unpaired) electrons. The number of nitrogens with zero attached hydrogens (tertiary/aromatic N) is 3. The summed E-state index contributed by atoms with van der Waals surface area (Å²) in [6.45, 7) is 0. The zero-order valence-corrected chi connectivity index (χ0v) is 18.2. The second-order valence-corrected chi connectivity index (χ2v) is 9.44. The van der Waals surface area contributed by atoms with E-state index >= 15 is 0 Å². The van der Waals surface area contributed by atoms with Crippen molar-refractivity contribution in [1.29, 1.82) is 0 Å². The topological polar surface area (TPSA) is 67.8 Å². The summed E-state index contributed by atoms with van der Waals surface area (Å²) in [5.74, 6) is -0.753. The molecule has 5 nitrogen and oxygen atoms in total. The molecule has 3 aromatic heterocycles. The highest BCUT2D eigenvalue weighted by molar-refractivity contribution is 7.99. The van der Waals surface area contributed by atoms with E-state index in [9.17, 15) is 9.18 Å². The van der Waals surface area contributed by atoms with Crippen LogP contribution in [0.5, 0.6) is 0 Å². The van der Waals surface area contributed by atoms with E-state index in [1.54, 1.807) is 18.3 Å². The third-order valence-electron chi connectivity index (χ3n) is 3.59. The summed E-state index contributed by atoms with van der Waals surface area (Å²) in [5, 5.41) is 4.40. The van der Waals surface area contributed by atoms with E-state index in [1.165, 1.54) is 35.7 Å². The lowest BCUT2D eigenvalue weighted by atomic mass is 10.3. The molecular weight excluding hydrogens is 463 g/mol. The third kappa shape index (κ3) is 5.37. The van der Waals surface area contributed by atoms with Gasteiger partial charge in [0.15, 0.2) is 5.13 Å². The number of nitrogens with one attached hydrogen (secondary N) is 1. The van der Waals surface area contributed by atoms with Gasteiger partial charge in [0, 0.05) is 16.0 Å². The molecule has 0 aliphatic rings. The van der Waals surface area contributed by atoms with Gasteiger partial charge in [0.1, 0.15) is 32.1 Å². The van der Waals surface area contributed by atoms with Crippen LogP contribution >= 0.6 is 46.5 Å². The van der Waals surface area contributed by atoms with Gasteiger partial charge in [-0.3, -0.25) is 10.1 Å². The molecule has 0 spiro atoms. The first-order valence-electron chi connectivity index (χ1n) is 8.45. The van der Waals surface area contributed by atoms with Crippen molar-refractivity contribution < 1.29 is 9.18 Å². The van der Waals surface area contributed by atoms with Gasteiger partial charge in [-0.15, -0.1) is 0 Å². The minimum Gasteiger partial charge on any atom is -0.296 e. The Kier molecular flexibility index (Phi) is 6.63. The molecule has 0 atom stereocenters. The van der Waals surface area contributed by atoms with Crippen LogP contribution in [-0.4, -0.2) is 20.9 Å². The van der Waals surface area contributed by atoms with Crippen LogP contribution in [0.15, 0.2) is 80.6 Å². The molecule has 3 heterocycles. The molecule has 30 heavy (non-hydrogen) atoms. The van der Waals surface area contributed by atoms with E-state index in [4.69, 9.17) is 11.6 Å². The zero-order valence-electron chi connectivity index (χ0n) is 15.0. The number of carbonyl (C=O) groups is 1. The largest absolute Gasteiger partial charge is 0.296 e. The van der Waals surface area contributed by atoms with Gasteiger partial charge >= 0.3 is 0 Å². The Morgan fingerprint density at radius 1 is 1.07 bits per heavy atom. The van der Waals surface area contributed by atoms with E-state index in [0.29, 0.717) is 19.4 Å². The summed E-state index contributed by atoms with van der Waals surface area (Å²) in [4.78, 5) is 27.1. The number of rotatable bonds is 6. The lowest BCUT2D eigenvalue weighted by Gasteiger charge is -2.10. The first-order valence-corrected chi connectivity index (χ1v) is 11.3. The van der Waals surface area contributed by atoms with Crippen molar-refractivity contribution in [3.8, 4) is 0 Å². The Labute approximate surface area is 189 Å². The number of thiazole rings is 1. The molecule has 0 aliphatic heterocycles. The predicted molar refractivity (Wildman–Crippen MR) is 117 cm³/mol. The quantitative estimate of drug-likeness (QED) is 0.366. The smallest absolute Gasteiger partial charge is 0.277 e. The highest BCUT2D eigenvalue weighted by atomic mass is 35.5. The molecule has 1 N–H and O–H groups in total. The van der Waals surface area contributed by atoms with Gasteiger partial charge in [-0.1, -0.05) is 52.5 Å². The maximum Gasteiger partial charge on any atom is 0.277 e. The van der Waals surface area contributed by atoms with Gasteiger partial charge in [0.2, 0.25) is 0 Å². The maximum atomic E-state index is 13.2. The normalized spacial score (nSPS) is 10.7. The van der Waals surface area contributed by atoms with Gasteiger partial charge in [-0.05, 0) is 48.5 Å². The molecule has 10 heteroatoms. The average molecular weight is 474 g/mol. The van der Waals surface area contributed by atoms with Crippen molar-refractivity contribution in [2.75, 3.05) is 5.32 Å². The number of hydrogen-bond acceptors (Lipinski definition) is 7.